The average molecular weight is 538 g/mol. The Morgan fingerprint density at radius 2 is 1.84 bits per heavy atom. The number of carbonyl (C=O) groups excluding carboxylic acids is 2. The Morgan fingerprint density at radius 1 is 1.14 bits per heavy atom. The summed E-state index contributed by atoms with van der Waals surface area (Å²) in [6.07, 6.45) is -4.89. The predicted molar refractivity (Wildman–Crippen MR) is 125 cm³/mol. The highest BCUT2D eigenvalue weighted by Crippen LogP contribution is 2.35. The summed E-state index contributed by atoms with van der Waals surface area (Å²) in [5, 5.41) is 14.6. The molecule has 2 N–H and O–H groups in total. The lowest BCUT2D eigenvalue weighted by Crippen LogP contribution is -2.45. The fraction of sp³-hybridized carbons (Fsp3) is 0.400. The number of rotatable bonds is 2. The molecule has 12 heteroatoms. The molecule has 2 bridgehead atoms. The van der Waals surface area contributed by atoms with Crippen LogP contribution in [0, 0.1) is 11.3 Å². The molecule has 37 heavy (non-hydrogen) atoms. The van der Waals surface area contributed by atoms with E-state index < -0.39 is 35.5 Å². The zero-order valence-corrected chi connectivity index (χ0v) is 20.2. The molecule has 8 nitrogen and oxygen atoms in total. The van der Waals surface area contributed by atoms with Crippen LogP contribution in [0.15, 0.2) is 36.4 Å². The van der Waals surface area contributed by atoms with Crippen molar-refractivity contribution < 1.29 is 37.0 Å². The van der Waals surface area contributed by atoms with Gasteiger partial charge in [-0.3, -0.25) is 4.79 Å². The smallest absolute Gasteiger partial charge is 0.416 e. The highest BCUT2D eigenvalue weighted by Gasteiger charge is 2.45. The van der Waals surface area contributed by atoms with E-state index in [-0.39, 0.29) is 24.3 Å². The van der Waals surface area contributed by atoms with E-state index in [4.69, 9.17) is 25.8 Å². The third-order valence-electron chi connectivity index (χ3n) is 5.87. The van der Waals surface area contributed by atoms with Crippen molar-refractivity contribution >= 4 is 23.6 Å². The maximum absolute atomic E-state index is 13.3. The molecule has 1 atom stereocenters. The first kappa shape index (κ1) is 26.4. The molecule has 5 rings (SSSR count). The zero-order chi connectivity index (χ0) is 26.6. The monoisotopic (exact) mass is 537 g/mol. The van der Waals surface area contributed by atoms with Gasteiger partial charge in [-0.15, -0.1) is 0 Å². The molecule has 3 aliphatic rings. The lowest BCUT2D eigenvalue weighted by molar-refractivity contribution is -0.137. The molecular formula is C25H23ClF3N3O5. The molecule has 1 saturated carbocycles. The highest BCUT2D eigenvalue weighted by molar-refractivity contribution is 6.32. The first-order valence-corrected chi connectivity index (χ1v) is 11.9. The third kappa shape index (κ3) is 6.77. The molecule has 0 spiro atoms. The van der Waals surface area contributed by atoms with Gasteiger partial charge in [0.1, 0.15) is 17.0 Å². The Labute approximate surface area is 215 Å². The molecule has 0 saturated heterocycles. The average Bonchev–Trinajstić information content (AvgIpc) is 3.60. The third-order valence-corrected chi connectivity index (χ3v) is 6.17. The Morgan fingerprint density at radius 3 is 2.46 bits per heavy atom. The SMILES string of the molecule is N#CC1(NC(=O)O[C@H]2Cc3ccc(c(Cl)c3)OCCCCOc3cc(C(F)(F)F)ccc3C(=O)N2)CC1. The van der Waals surface area contributed by atoms with Gasteiger partial charge in [-0.25, -0.2) is 4.79 Å². The van der Waals surface area contributed by atoms with Gasteiger partial charge in [0.25, 0.3) is 5.91 Å². The number of halogens is 4. The predicted octanol–water partition coefficient (Wildman–Crippen LogP) is 4.99. The number of alkyl carbamates (subject to hydrolysis) is 1. The van der Waals surface area contributed by atoms with Crippen molar-refractivity contribution in [2.45, 2.75) is 50.0 Å². The lowest BCUT2D eigenvalue weighted by Gasteiger charge is -2.22. The fourth-order valence-corrected chi connectivity index (χ4v) is 3.92. The van der Waals surface area contributed by atoms with Gasteiger partial charge in [0.05, 0.1) is 35.4 Å². The second-order valence-electron chi connectivity index (χ2n) is 8.77. The number of nitriles is 1. The largest absolute Gasteiger partial charge is 0.493 e. The maximum Gasteiger partial charge on any atom is 0.416 e. The van der Waals surface area contributed by atoms with E-state index in [1.807, 2.05) is 6.07 Å². The van der Waals surface area contributed by atoms with Crippen molar-refractivity contribution in [1.82, 2.24) is 10.6 Å². The van der Waals surface area contributed by atoms with Crippen molar-refractivity contribution in [3.8, 4) is 17.6 Å². The minimum absolute atomic E-state index is 0.0183. The van der Waals surface area contributed by atoms with E-state index in [2.05, 4.69) is 10.6 Å². The Kier molecular flexibility index (Phi) is 7.68. The number of nitrogens with zero attached hydrogens (tertiary/aromatic N) is 1. The molecule has 0 aromatic heterocycles. The number of carbonyl (C=O) groups is 2. The Bertz CT molecular complexity index is 1230. The molecule has 2 aliphatic heterocycles. The first-order chi connectivity index (χ1) is 17.6. The molecule has 1 fully saturated rings. The summed E-state index contributed by atoms with van der Waals surface area (Å²) in [7, 11) is 0. The molecule has 1 aliphatic carbocycles. The van der Waals surface area contributed by atoms with Crippen LogP contribution >= 0.6 is 11.6 Å². The number of hydrogen-bond donors (Lipinski definition) is 2. The van der Waals surface area contributed by atoms with Crippen LogP contribution in [0.1, 0.15) is 47.2 Å². The molecule has 0 unspecified atom stereocenters. The number of fused-ring (bicyclic) bond motifs is 10. The van der Waals surface area contributed by atoms with Crippen molar-refractivity contribution in [3.05, 3.63) is 58.1 Å². The van der Waals surface area contributed by atoms with Gasteiger partial charge in [0.2, 0.25) is 0 Å². The lowest BCUT2D eigenvalue weighted by atomic mass is 10.1. The van der Waals surface area contributed by atoms with E-state index in [9.17, 15) is 28.0 Å². The van der Waals surface area contributed by atoms with E-state index in [1.165, 1.54) is 0 Å². The van der Waals surface area contributed by atoms with Gasteiger partial charge in [-0.1, -0.05) is 17.7 Å². The molecule has 2 heterocycles. The minimum Gasteiger partial charge on any atom is -0.493 e. The van der Waals surface area contributed by atoms with E-state index in [1.54, 1.807) is 18.2 Å². The van der Waals surface area contributed by atoms with Gasteiger partial charge in [-0.2, -0.15) is 18.4 Å². The highest BCUT2D eigenvalue weighted by atomic mass is 35.5. The maximum atomic E-state index is 13.3. The zero-order valence-electron chi connectivity index (χ0n) is 19.5. The van der Waals surface area contributed by atoms with Crippen LogP contribution < -0.4 is 20.1 Å². The number of nitrogens with one attached hydrogen (secondary N) is 2. The molecule has 196 valence electrons. The Balaban J connectivity index is 1.63. The van der Waals surface area contributed by atoms with E-state index >= 15 is 0 Å². The Hall–Kier alpha value is -3.65. The van der Waals surface area contributed by atoms with E-state index in [0.717, 1.165) is 18.2 Å². The molecule has 2 aromatic carbocycles. The van der Waals surface area contributed by atoms with Gasteiger partial charge >= 0.3 is 12.3 Å². The van der Waals surface area contributed by atoms with Gasteiger partial charge in [0, 0.05) is 6.42 Å². The summed E-state index contributed by atoms with van der Waals surface area (Å²) in [6, 6.07) is 9.51. The second kappa shape index (κ2) is 10.8. The van der Waals surface area contributed by atoms with Crippen molar-refractivity contribution in [2.24, 2.45) is 0 Å². The van der Waals surface area contributed by atoms with Crippen LogP contribution in [-0.4, -0.2) is 37.0 Å². The fourth-order valence-electron chi connectivity index (χ4n) is 3.67. The number of benzene rings is 2. The normalized spacial score (nSPS) is 19.3. The van der Waals surface area contributed by atoms with Crippen molar-refractivity contribution in [3.63, 3.8) is 0 Å². The van der Waals surface area contributed by atoms with Gasteiger partial charge in [0.15, 0.2) is 6.23 Å². The first-order valence-electron chi connectivity index (χ1n) is 11.5. The quantitative estimate of drug-likeness (QED) is 0.558. The van der Waals surface area contributed by atoms with Crippen LogP contribution in [-0.2, 0) is 17.3 Å². The van der Waals surface area contributed by atoms with Crippen LogP contribution in [0.4, 0.5) is 18.0 Å². The summed E-state index contributed by atoms with van der Waals surface area (Å²) >= 11 is 6.32. The summed E-state index contributed by atoms with van der Waals surface area (Å²) in [4.78, 5) is 25.6. The van der Waals surface area contributed by atoms with Crippen molar-refractivity contribution in [2.75, 3.05) is 13.2 Å². The molecule has 2 aromatic rings. The number of amides is 2. The number of alkyl halides is 3. The topological polar surface area (TPSA) is 110 Å². The summed E-state index contributed by atoms with van der Waals surface area (Å²) in [5.41, 5.74) is -1.54. The summed E-state index contributed by atoms with van der Waals surface area (Å²) in [6.45, 7) is 0.334. The number of ether oxygens (including phenoxy) is 3. The number of hydrogen-bond acceptors (Lipinski definition) is 6. The molecule has 0 radical (unpaired) electrons. The van der Waals surface area contributed by atoms with Crippen LogP contribution in [0.25, 0.3) is 0 Å². The van der Waals surface area contributed by atoms with E-state index in [0.29, 0.717) is 48.6 Å². The minimum atomic E-state index is -4.63. The van der Waals surface area contributed by atoms with Gasteiger partial charge in [-0.05, 0) is 61.6 Å². The van der Waals surface area contributed by atoms with Crippen LogP contribution in [0.5, 0.6) is 11.5 Å². The van der Waals surface area contributed by atoms with Crippen molar-refractivity contribution in [1.29, 1.82) is 5.26 Å². The van der Waals surface area contributed by atoms with Crippen LogP contribution in [0.3, 0.4) is 0 Å². The summed E-state index contributed by atoms with van der Waals surface area (Å²) in [5.74, 6) is -0.625. The molecular weight excluding hydrogens is 515 g/mol. The van der Waals surface area contributed by atoms with Gasteiger partial charge < -0.3 is 24.8 Å². The summed E-state index contributed by atoms with van der Waals surface area (Å²) < 4.78 is 56.5. The van der Waals surface area contributed by atoms with Crippen LogP contribution in [0.2, 0.25) is 5.02 Å². The second-order valence-corrected chi connectivity index (χ2v) is 9.18. The standard InChI is InChI=1S/C25H23ClF3N3O5/c26-18-11-15-3-6-19(18)35-9-1-2-10-36-20-13-16(25(27,28)29)4-5-17(20)22(33)31-21(12-15)37-23(34)32-24(14-30)7-8-24/h3-6,11,13,21H,1-2,7-10,12H2,(H,31,33)(H,32,34)/t21-/m0/s1. The molecule has 2 amide bonds.